The van der Waals surface area contributed by atoms with Gasteiger partial charge in [0.1, 0.15) is 6.67 Å². The summed E-state index contributed by atoms with van der Waals surface area (Å²) in [6.45, 7) is 11.7. The van der Waals surface area contributed by atoms with E-state index in [1.807, 2.05) is 4.90 Å². The maximum Gasteiger partial charge on any atom is 0.264 e. The SMILES string of the molecule is C[C@@H]1CCCN1CCCN1[C]N(CCOS(C)(=O)=O)CC1. The van der Waals surface area contributed by atoms with E-state index in [0.29, 0.717) is 6.54 Å². The molecule has 0 aromatic carbocycles. The van der Waals surface area contributed by atoms with Gasteiger partial charge in [-0.05, 0) is 39.3 Å². The lowest BCUT2D eigenvalue weighted by atomic mass is 10.2. The fraction of sp³-hybridized carbons (Fsp3) is 0.929. The van der Waals surface area contributed by atoms with Crippen molar-refractivity contribution in [1.82, 2.24) is 14.7 Å². The summed E-state index contributed by atoms with van der Waals surface area (Å²) in [7, 11) is -3.33. The standard InChI is InChI=1S/C14H27N3O3S/c1-14-5-3-7-17(14)8-4-6-15-9-10-16(13-15)11-12-20-21(2,18)19/h14H,3-12H2,1-2H3/t14-/m1/s1. The van der Waals surface area contributed by atoms with Gasteiger partial charge in [0.05, 0.1) is 12.9 Å². The van der Waals surface area contributed by atoms with E-state index in [0.717, 1.165) is 44.9 Å². The van der Waals surface area contributed by atoms with Gasteiger partial charge in [0.2, 0.25) is 0 Å². The summed E-state index contributed by atoms with van der Waals surface area (Å²) >= 11 is 0. The van der Waals surface area contributed by atoms with E-state index in [2.05, 4.69) is 23.4 Å². The van der Waals surface area contributed by atoms with Crippen LogP contribution in [0.15, 0.2) is 0 Å². The Kier molecular flexibility index (Phi) is 6.43. The van der Waals surface area contributed by atoms with Gasteiger partial charge in [0, 0.05) is 32.2 Å². The molecule has 2 fully saturated rings. The Balaban J connectivity index is 1.55. The quantitative estimate of drug-likeness (QED) is 0.606. The highest BCUT2D eigenvalue weighted by molar-refractivity contribution is 7.85. The fourth-order valence-electron chi connectivity index (χ4n) is 2.95. The van der Waals surface area contributed by atoms with Crippen molar-refractivity contribution in [3.8, 4) is 0 Å². The van der Waals surface area contributed by atoms with Crippen molar-refractivity contribution in [2.75, 3.05) is 52.1 Å². The monoisotopic (exact) mass is 317 g/mol. The molecule has 0 amide bonds. The first-order valence-corrected chi connectivity index (χ1v) is 9.60. The van der Waals surface area contributed by atoms with Crippen LogP contribution in [0.25, 0.3) is 0 Å². The van der Waals surface area contributed by atoms with Gasteiger partial charge in [-0.3, -0.25) is 14.0 Å². The van der Waals surface area contributed by atoms with Crippen molar-refractivity contribution in [3.63, 3.8) is 0 Å². The number of likely N-dealkylation sites (tertiary alicyclic amines) is 1. The topological polar surface area (TPSA) is 53.1 Å². The summed E-state index contributed by atoms with van der Waals surface area (Å²) in [5.74, 6) is 0. The summed E-state index contributed by atoms with van der Waals surface area (Å²) in [6, 6.07) is 0.737. The zero-order chi connectivity index (χ0) is 15.3. The van der Waals surface area contributed by atoms with Gasteiger partial charge >= 0.3 is 0 Å². The molecule has 0 bridgehead atoms. The summed E-state index contributed by atoms with van der Waals surface area (Å²) in [6.07, 6.45) is 4.90. The molecule has 0 unspecified atom stereocenters. The number of hydrogen-bond acceptors (Lipinski definition) is 6. The molecule has 2 aliphatic heterocycles. The molecule has 0 aliphatic carbocycles. The molecule has 0 aromatic rings. The first-order valence-electron chi connectivity index (χ1n) is 7.79. The predicted molar refractivity (Wildman–Crippen MR) is 82.1 cm³/mol. The summed E-state index contributed by atoms with van der Waals surface area (Å²) in [4.78, 5) is 6.76. The average molecular weight is 317 g/mol. The normalized spacial score (nSPS) is 25.9. The minimum atomic E-state index is -3.33. The van der Waals surface area contributed by atoms with E-state index in [4.69, 9.17) is 4.18 Å². The molecular weight excluding hydrogens is 290 g/mol. The smallest absolute Gasteiger partial charge is 0.264 e. The first-order chi connectivity index (χ1) is 9.94. The van der Waals surface area contributed by atoms with Crippen molar-refractivity contribution in [3.05, 3.63) is 6.67 Å². The molecular formula is C14H27N3O3S. The second-order valence-corrected chi connectivity index (χ2v) is 7.62. The zero-order valence-corrected chi connectivity index (χ0v) is 13.9. The third kappa shape index (κ3) is 6.20. The molecule has 0 aromatic heterocycles. The molecule has 21 heavy (non-hydrogen) atoms. The Bertz CT molecular complexity index is 416. The van der Waals surface area contributed by atoms with Crippen LogP contribution in [-0.4, -0.2) is 81.3 Å². The third-order valence-electron chi connectivity index (χ3n) is 4.15. The Morgan fingerprint density at radius 2 is 1.86 bits per heavy atom. The zero-order valence-electron chi connectivity index (χ0n) is 13.1. The second kappa shape index (κ2) is 7.87. The van der Waals surface area contributed by atoms with Crippen LogP contribution in [-0.2, 0) is 14.3 Å². The molecule has 2 saturated heterocycles. The van der Waals surface area contributed by atoms with Crippen LogP contribution in [0.1, 0.15) is 26.2 Å². The summed E-state index contributed by atoms with van der Waals surface area (Å²) in [5.41, 5.74) is 0. The molecule has 2 rings (SSSR count). The van der Waals surface area contributed by atoms with Crippen molar-refractivity contribution >= 4 is 10.1 Å². The third-order valence-corrected chi connectivity index (χ3v) is 4.74. The molecule has 0 saturated carbocycles. The van der Waals surface area contributed by atoms with Crippen molar-refractivity contribution < 1.29 is 12.6 Å². The van der Waals surface area contributed by atoms with Crippen LogP contribution in [0, 0.1) is 6.67 Å². The van der Waals surface area contributed by atoms with Crippen LogP contribution >= 0.6 is 0 Å². The molecule has 0 spiro atoms. The lowest BCUT2D eigenvalue weighted by Gasteiger charge is -2.22. The minimum Gasteiger partial charge on any atom is -0.301 e. The Morgan fingerprint density at radius 3 is 2.48 bits per heavy atom. The molecule has 2 heterocycles. The van der Waals surface area contributed by atoms with E-state index < -0.39 is 10.1 Å². The van der Waals surface area contributed by atoms with Crippen molar-refractivity contribution in [2.24, 2.45) is 0 Å². The van der Waals surface area contributed by atoms with Crippen LogP contribution in [0.5, 0.6) is 0 Å². The van der Waals surface area contributed by atoms with E-state index in [9.17, 15) is 8.42 Å². The molecule has 2 aliphatic rings. The van der Waals surface area contributed by atoms with Gasteiger partial charge in [-0.2, -0.15) is 8.42 Å². The van der Waals surface area contributed by atoms with Gasteiger partial charge in [-0.1, -0.05) is 0 Å². The number of hydrogen-bond donors (Lipinski definition) is 0. The van der Waals surface area contributed by atoms with Gasteiger partial charge < -0.3 is 4.90 Å². The largest absolute Gasteiger partial charge is 0.301 e. The van der Waals surface area contributed by atoms with Crippen LogP contribution in [0.4, 0.5) is 0 Å². The fourth-order valence-corrected chi connectivity index (χ4v) is 3.33. The van der Waals surface area contributed by atoms with Crippen LogP contribution in [0.3, 0.4) is 0 Å². The van der Waals surface area contributed by atoms with E-state index in [-0.39, 0.29) is 6.61 Å². The highest BCUT2D eigenvalue weighted by Gasteiger charge is 2.23. The Hall–Kier alpha value is -0.210. The Morgan fingerprint density at radius 1 is 1.14 bits per heavy atom. The first kappa shape index (κ1) is 17.1. The molecule has 2 radical (unpaired) electrons. The highest BCUT2D eigenvalue weighted by Crippen LogP contribution is 2.17. The van der Waals surface area contributed by atoms with Crippen LogP contribution < -0.4 is 0 Å². The lowest BCUT2D eigenvalue weighted by Crippen LogP contribution is -2.30. The van der Waals surface area contributed by atoms with E-state index in [1.165, 1.54) is 19.4 Å². The maximum atomic E-state index is 10.9. The molecule has 6 nitrogen and oxygen atoms in total. The van der Waals surface area contributed by atoms with E-state index >= 15 is 0 Å². The predicted octanol–water partition coefficient (Wildman–Crippen LogP) is 0.451. The van der Waals surface area contributed by atoms with Crippen molar-refractivity contribution in [1.29, 1.82) is 0 Å². The molecule has 0 N–H and O–H groups in total. The Labute approximate surface area is 129 Å². The summed E-state index contributed by atoms with van der Waals surface area (Å²) in [5, 5.41) is 0. The summed E-state index contributed by atoms with van der Waals surface area (Å²) < 4.78 is 26.5. The van der Waals surface area contributed by atoms with Crippen LogP contribution in [0.2, 0.25) is 0 Å². The van der Waals surface area contributed by atoms with Crippen molar-refractivity contribution in [2.45, 2.75) is 32.2 Å². The van der Waals surface area contributed by atoms with Gasteiger partial charge in [0.25, 0.3) is 10.1 Å². The van der Waals surface area contributed by atoms with Gasteiger partial charge in [-0.15, -0.1) is 0 Å². The lowest BCUT2D eigenvalue weighted by molar-refractivity contribution is 0.233. The average Bonchev–Trinajstić information content (AvgIpc) is 2.98. The second-order valence-electron chi connectivity index (χ2n) is 5.98. The molecule has 122 valence electrons. The van der Waals surface area contributed by atoms with E-state index in [1.54, 1.807) is 0 Å². The molecule has 1 atom stereocenters. The minimum absolute atomic E-state index is 0.199. The number of rotatable bonds is 8. The maximum absolute atomic E-state index is 10.9. The number of nitrogens with zero attached hydrogens (tertiary/aromatic N) is 3. The van der Waals surface area contributed by atoms with Gasteiger partial charge in [0.15, 0.2) is 0 Å². The highest BCUT2D eigenvalue weighted by atomic mass is 32.2. The molecule has 7 heteroatoms. The van der Waals surface area contributed by atoms with Gasteiger partial charge in [-0.25, -0.2) is 0 Å².